The van der Waals surface area contributed by atoms with Gasteiger partial charge in [-0.25, -0.2) is 0 Å². The lowest BCUT2D eigenvalue weighted by Crippen LogP contribution is -2.09. The molecule has 3 aromatic rings. The number of fused-ring (bicyclic) bond motifs is 1. The number of benzene rings is 3. The van der Waals surface area contributed by atoms with Crippen LogP contribution < -0.4 is 10.5 Å². The quantitative estimate of drug-likeness (QED) is 0.761. The molecule has 3 aromatic carbocycles. The van der Waals surface area contributed by atoms with E-state index in [2.05, 4.69) is 24.3 Å². The normalized spacial score (nSPS) is 12.3. The third-order valence-corrected chi connectivity index (χ3v) is 4.20. The van der Waals surface area contributed by atoms with Gasteiger partial charge in [0.25, 0.3) is 0 Å². The van der Waals surface area contributed by atoms with E-state index < -0.39 is 0 Å². The van der Waals surface area contributed by atoms with E-state index in [1.807, 2.05) is 31.2 Å². The second-order valence-electron chi connectivity index (χ2n) is 5.79. The number of phenolic OH excluding ortho intramolecular Hbond substituents is 1. The van der Waals surface area contributed by atoms with Crippen molar-refractivity contribution in [3.8, 4) is 11.5 Å². The molecule has 0 aliphatic rings. The van der Waals surface area contributed by atoms with Crippen molar-refractivity contribution in [1.29, 1.82) is 0 Å². The van der Waals surface area contributed by atoms with Crippen LogP contribution in [0.15, 0.2) is 54.6 Å². The van der Waals surface area contributed by atoms with Crippen molar-refractivity contribution in [1.82, 2.24) is 0 Å². The van der Waals surface area contributed by atoms with E-state index in [1.165, 1.54) is 10.8 Å². The van der Waals surface area contributed by atoms with Crippen LogP contribution in [0.5, 0.6) is 11.5 Å². The highest BCUT2D eigenvalue weighted by Crippen LogP contribution is 2.34. The molecule has 3 heteroatoms. The van der Waals surface area contributed by atoms with Gasteiger partial charge in [0.1, 0.15) is 0 Å². The summed E-state index contributed by atoms with van der Waals surface area (Å²) in [6.45, 7) is 2.00. The molecule has 3 rings (SSSR count). The average molecular weight is 307 g/mol. The Kier molecular flexibility index (Phi) is 4.22. The van der Waals surface area contributed by atoms with Crippen LogP contribution >= 0.6 is 0 Å². The van der Waals surface area contributed by atoms with Crippen molar-refractivity contribution in [2.45, 2.75) is 19.4 Å². The predicted octanol–water partition coefficient (Wildman–Crippen LogP) is 4.16. The number of para-hydroxylation sites is 1. The molecule has 0 aromatic heterocycles. The lowest BCUT2D eigenvalue weighted by atomic mass is 9.91. The standard InChI is InChI=1S/C20H21NO2/c1-13(21)19-15(11-10-14-6-3-4-8-17(14)19)12-16-7-5-9-18(23-2)20(16)22/h3-11,13,22H,12,21H2,1-2H3. The molecule has 3 nitrogen and oxygen atoms in total. The summed E-state index contributed by atoms with van der Waals surface area (Å²) in [6.07, 6.45) is 0.616. The molecule has 118 valence electrons. The number of methoxy groups -OCH3 is 1. The van der Waals surface area contributed by atoms with E-state index >= 15 is 0 Å². The van der Waals surface area contributed by atoms with Crippen molar-refractivity contribution in [3.05, 3.63) is 71.3 Å². The van der Waals surface area contributed by atoms with Crippen LogP contribution in [0.25, 0.3) is 10.8 Å². The number of aromatic hydroxyl groups is 1. The fraction of sp³-hybridized carbons (Fsp3) is 0.200. The van der Waals surface area contributed by atoms with Gasteiger partial charge in [0, 0.05) is 18.0 Å². The third-order valence-electron chi connectivity index (χ3n) is 4.20. The highest BCUT2D eigenvalue weighted by atomic mass is 16.5. The first-order valence-corrected chi connectivity index (χ1v) is 7.72. The zero-order valence-corrected chi connectivity index (χ0v) is 13.4. The second kappa shape index (κ2) is 6.31. The monoisotopic (exact) mass is 307 g/mol. The number of rotatable bonds is 4. The highest BCUT2D eigenvalue weighted by Gasteiger charge is 2.14. The molecule has 0 aliphatic carbocycles. The van der Waals surface area contributed by atoms with Gasteiger partial charge in [-0.1, -0.05) is 48.5 Å². The minimum absolute atomic E-state index is 0.0798. The zero-order chi connectivity index (χ0) is 16.4. The first-order valence-electron chi connectivity index (χ1n) is 7.72. The Morgan fingerprint density at radius 3 is 2.52 bits per heavy atom. The number of nitrogens with two attached hydrogens (primary N) is 1. The molecule has 0 amide bonds. The summed E-state index contributed by atoms with van der Waals surface area (Å²) in [5, 5.41) is 12.7. The fourth-order valence-electron chi connectivity index (χ4n) is 3.11. The average Bonchev–Trinajstić information content (AvgIpc) is 2.56. The Hall–Kier alpha value is -2.52. The first kappa shape index (κ1) is 15.4. The Morgan fingerprint density at radius 1 is 1.00 bits per heavy atom. The minimum Gasteiger partial charge on any atom is -0.504 e. The SMILES string of the molecule is COc1cccc(Cc2ccc3ccccc3c2C(C)N)c1O. The summed E-state index contributed by atoms with van der Waals surface area (Å²) >= 11 is 0. The Labute approximate surface area is 136 Å². The van der Waals surface area contributed by atoms with Gasteiger partial charge in [0.05, 0.1) is 7.11 Å². The van der Waals surface area contributed by atoms with Crippen LogP contribution in [0.2, 0.25) is 0 Å². The molecule has 0 saturated carbocycles. The Bertz CT molecular complexity index is 840. The van der Waals surface area contributed by atoms with Crippen LogP contribution in [-0.2, 0) is 6.42 Å². The lowest BCUT2D eigenvalue weighted by Gasteiger charge is -2.17. The molecule has 0 spiro atoms. The summed E-state index contributed by atoms with van der Waals surface area (Å²) < 4.78 is 5.20. The maximum atomic E-state index is 10.3. The Balaban J connectivity index is 2.12. The van der Waals surface area contributed by atoms with Gasteiger partial charge in [-0.15, -0.1) is 0 Å². The number of ether oxygens (including phenoxy) is 1. The third kappa shape index (κ3) is 2.88. The molecule has 0 heterocycles. The van der Waals surface area contributed by atoms with Crippen LogP contribution in [-0.4, -0.2) is 12.2 Å². The Morgan fingerprint density at radius 2 is 1.78 bits per heavy atom. The maximum Gasteiger partial charge on any atom is 0.161 e. The van der Waals surface area contributed by atoms with Gasteiger partial charge >= 0.3 is 0 Å². The molecule has 0 fully saturated rings. The van der Waals surface area contributed by atoms with E-state index in [1.54, 1.807) is 13.2 Å². The number of phenols is 1. The van der Waals surface area contributed by atoms with Crippen LogP contribution in [0, 0.1) is 0 Å². The summed E-state index contributed by atoms with van der Waals surface area (Å²) in [5.74, 6) is 0.685. The fourth-order valence-corrected chi connectivity index (χ4v) is 3.11. The predicted molar refractivity (Wildman–Crippen MR) is 94.0 cm³/mol. The highest BCUT2D eigenvalue weighted by molar-refractivity contribution is 5.87. The largest absolute Gasteiger partial charge is 0.504 e. The van der Waals surface area contributed by atoms with Crippen molar-refractivity contribution in [2.75, 3.05) is 7.11 Å². The van der Waals surface area contributed by atoms with Crippen LogP contribution in [0.4, 0.5) is 0 Å². The van der Waals surface area contributed by atoms with Crippen molar-refractivity contribution in [2.24, 2.45) is 5.73 Å². The smallest absolute Gasteiger partial charge is 0.161 e. The summed E-state index contributed by atoms with van der Waals surface area (Å²) in [4.78, 5) is 0. The lowest BCUT2D eigenvalue weighted by molar-refractivity contribution is 0.371. The second-order valence-corrected chi connectivity index (χ2v) is 5.79. The van der Waals surface area contributed by atoms with E-state index in [0.29, 0.717) is 12.2 Å². The zero-order valence-electron chi connectivity index (χ0n) is 13.4. The molecule has 0 aliphatic heterocycles. The van der Waals surface area contributed by atoms with Gasteiger partial charge in [-0.2, -0.15) is 0 Å². The molecule has 1 atom stereocenters. The summed E-state index contributed by atoms with van der Waals surface area (Å²) in [6, 6.07) is 17.9. The summed E-state index contributed by atoms with van der Waals surface area (Å²) in [5.41, 5.74) is 9.33. The van der Waals surface area contributed by atoms with Gasteiger partial charge in [0.15, 0.2) is 11.5 Å². The number of hydrogen-bond acceptors (Lipinski definition) is 3. The van der Waals surface area contributed by atoms with E-state index in [9.17, 15) is 5.11 Å². The maximum absolute atomic E-state index is 10.3. The minimum atomic E-state index is -0.0798. The first-order chi connectivity index (χ1) is 11.1. The molecule has 0 radical (unpaired) electrons. The van der Waals surface area contributed by atoms with E-state index in [-0.39, 0.29) is 11.8 Å². The topological polar surface area (TPSA) is 55.5 Å². The van der Waals surface area contributed by atoms with Gasteiger partial charge in [0.2, 0.25) is 0 Å². The molecule has 23 heavy (non-hydrogen) atoms. The molecular weight excluding hydrogens is 286 g/mol. The molecule has 3 N–H and O–H groups in total. The van der Waals surface area contributed by atoms with Gasteiger partial charge < -0.3 is 15.6 Å². The number of hydrogen-bond donors (Lipinski definition) is 2. The van der Waals surface area contributed by atoms with Crippen molar-refractivity contribution >= 4 is 10.8 Å². The van der Waals surface area contributed by atoms with E-state index in [4.69, 9.17) is 10.5 Å². The molecule has 1 unspecified atom stereocenters. The molecule has 0 saturated heterocycles. The molecule has 0 bridgehead atoms. The van der Waals surface area contributed by atoms with E-state index in [0.717, 1.165) is 16.7 Å². The molecular formula is C20H21NO2. The van der Waals surface area contributed by atoms with Crippen LogP contribution in [0.3, 0.4) is 0 Å². The van der Waals surface area contributed by atoms with Crippen LogP contribution in [0.1, 0.15) is 29.7 Å². The van der Waals surface area contributed by atoms with Crippen molar-refractivity contribution in [3.63, 3.8) is 0 Å². The van der Waals surface area contributed by atoms with Gasteiger partial charge in [-0.05, 0) is 34.9 Å². The summed E-state index contributed by atoms with van der Waals surface area (Å²) in [7, 11) is 1.56. The van der Waals surface area contributed by atoms with Gasteiger partial charge in [-0.3, -0.25) is 0 Å². The van der Waals surface area contributed by atoms with Crippen molar-refractivity contribution < 1.29 is 9.84 Å².